The summed E-state index contributed by atoms with van der Waals surface area (Å²) in [5, 5.41) is 4.47. The van der Waals surface area contributed by atoms with E-state index in [1.807, 2.05) is 0 Å². The third-order valence-corrected chi connectivity index (χ3v) is 5.87. The number of thiophene rings is 1. The second kappa shape index (κ2) is 6.62. The Labute approximate surface area is 139 Å². The predicted octanol–water partition coefficient (Wildman–Crippen LogP) is 3.82. The van der Waals surface area contributed by atoms with Gasteiger partial charge in [0.25, 0.3) is 10.0 Å². The van der Waals surface area contributed by atoms with Crippen molar-refractivity contribution in [3.05, 3.63) is 43.8 Å². The zero-order valence-corrected chi connectivity index (χ0v) is 14.8. The molecule has 0 aliphatic heterocycles. The van der Waals surface area contributed by atoms with Crippen LogP contribution in [-0.2, 0) is 16.6 Å². The minimum absolute atomic E-state index is 0.0175. The first-order chi connectivity index (χ1) is 9.83. The van der Waals surface area contributed by atoms with Crippen molar-refractivity contribution >= 4 is 54.6 Å². The van der Waals surface area contributed by atoms with E-state index in [4.69, 9.17) is 11.6 Å². The molecule has 2 aromatic rings. The van der Waals surface area contributed by atoms with Gasteiger partial charge in [-0.3, -0.25) is 4.72 Å². The van der Waals surface area contributed by atoms with E-state index in [-0.39, 0.29) is 20.1 Å². The van der Waals surface area contributed by atoms with Gasteiger partial charge in [0.2, 0.25) is 0 Å². The quantitative estimate of drug-likeness (QED) is 0.783. The normalized spacial score (nSPS) is 11.6. The fourth-order valence-corrected chi connectivity index (χ4v) is 5.08. The SMILES string of the molecule is CNCc1cc(S(=O)(=O)Nc2c(Cl)cc(F)cc2Br)cs1. The summed E-state index contributed by atoms with van der Waals surface area (Å²) in [7, 11) is -1.99. The number of rotatable bonds is 5. The van der Waals surface area contributed by atoms with Gasteiger partial charge in [0.15, 0.2) is 0 Å². The summed E-state index contributed by atoms with van der Waals surface area (Å²) in [6, 6.07) is 3.77. The molecular weight excluding hydrogens is 403 g/mol. The maximum atomic E-state index is 13.2. The average Bonchev–Trinajstić information content (AvgIpc) is 2.84. The lowest BCUT2D eigenvalue weighted by Gasteiger charge is -2.10. The van der Waals surface area contributed by atoms with Gasteiger partial charge in [-0.1, -0.05) is 11.6 Å². The largest absolute Gasteiger partial charge is 0.315 e. The number of benzene rings is 1. The molecule has 21 heavy (non-hydrogen) atoms. The van der Waals surface area contributed by atoms with Gasteiger partial charge in [-0.05, 0) is 41.2 Å². The summed E-state index contributed by atoms with van der Waals surface area (Å²) >= 11 is 10.3. The third kappa shape index (κ3) is 3.95. The molecule has 1 aromatic heterocycles. The maximum absolute atomic E-state index is 13.2. The average molecular weight is 414 g/mol. The Morgan fingerprint density at radius 1 is 1.38 bits per heavy atom. The van der Waals surface area contributed by atoms with E-state index in [1.165, 1.54) is 11.3 Å². The highest BCUT2D eigenvalue weighted by atomic mass is 79.9. The highest BCUT2D eigenvalue weighted by Crippen LogP contribution is 2.34. The van der Waals surface area contributed by atoms with E-state index < -0.39 is 15.8 Å². The number of anilines is 1. The van der Waals surface area contributed by atoms with Crippen LogP contribution in [0.5, 0.6) is 0 Å². The van der Waals surface area contributed by atoms with Gasteiger partial charge >= 0.3 is 0 Å². The Morgan fingerprint density at radius 2 is 2.10 bits per heavy atom. The van der Waals surface area contributed by atoms with Gasteiger partial charge in [0, 0.05) is 21.3 Å². The van der Waals surface area contributed by atoms with Crippen molar-refractivity contribution in [3.63, 3.8) is 0 Å². The van der Waals surface area contributed by atoms with Crippen molar-refractivity contribution in [3.8, 4) is 0 Å². The van der Waals surface area contributed by atoms with Gasteiger partial charge in [-0.2, -0.15) is 0 Å². The van der Waals surface area contributed by atoms with Crippen molar-refractivity contribution in [2.24, 2.45) is 0 Å². The second-order valence-corrected chi connectivity index (χ2v) is 8.07. The van der Waals surface area contributed by atoms with Crippen molar-refractivity contribution in [2.45, 2.75) is 11.4 Å². The van der Waals surface area contributed by atoms with E-state index in [0.717, 1.165) is 17.0 Å². The molecule has 0 radical (unpaired) electrons. The van der Waals surface area contributed by atoms with E-state index in [2.05, 4.69) is 26.0 Å². The molecule has 0 amide bonds. The molecule has 0 bridgehead atoms. The van der Waals surface area contributed by atoms with E-state index in [1.54, 1.807) is 18.5 Å². The zero-order chi connectivity index (χ0) is 15.6. The van der Waals surface area contributed by atoms with Gasteiger partial charge in [-0.25, -0.2) is 12.8 Å². The van der Waals surface area contributed by atoms with Crippen LogP contribution in [0.15, 0.2) is 32.9 Å². The number of nitrogens with one attached hydrogen (secondary N) is 2. The lowest BCUT2D eigenvalue weighted by atomic mass is 10.3. The molecule has 0 fully saturated rings. The zero-order valence-electron chi connectivity index (χ0n) is 10.8. The first-order valence-electron chi connectivity index (χ1n) is 5.73. The first-order valence-corrected chi connectivity index (χ1v) is 9.26. The smallest absolute Gasteiger partial charge is 0.262 e. The van der Waals surface area contributed by atoms with Crippen LogP contribution in [0.4, 0.5) is 10.1 Å². The summed E-state index contributed by atoms with van der Waals surface area (Å²) in [6.07, 6.45) is 0. The second-order valence-electron chi connectivity index (χ2n) is 4.13. The van der Waals surface area contributed by atoms with Crippen molar-refractivity contribution in [1.29, 1.82) is 0 Å². The molecule has 1 heterocycles. The molecule has 2 N–H and O–H groups in total. The van der Waals surface area contributed by atoms with Crippen molar-refractivity contribution in [1.82, 2.24) is 5.32 Å². The lowest BCUT2D eigenvalue weighted by Crippen LogP contribution is -2.13. The van der Waals surface area contributed by atoms with Crippen LogP contribution >= 0.6 is 38.9 Å². The third-order valence-electron chi connectivity index (χ3n) is 2.53. The molecule has 0 atom stereocenters. The van der Waals surface area contributed by atoms with Crippen molar-refractivity contribution in [2.75, 3.05) is 11.8 Å². The van der Waals surface area contributed by atoms with Crippen LogP contribution in [0, 0.1) is 5.82 Å². The van der Waals surface area contributed by atoms with Gasteiger partial charge in [0.1, 0.15) is 5.82 Å². The highest BCUT2D eigenvalue weighted by Gasteiger charge is 2.19. The topological polar surface area (TPSA) is 58.2 Å². The lowest BCUT2D eigenvalue weighted by molar-refractivity contribution is 0.601. The monoisotopic (exact) mass is 412 g/mol. The number of hydrogen-bond acceptors (Lipinski definition) is 4. The Hall–Kier alpha value is -0.670. The summed E-state index contributed by atoms with van der Waals surface area (Å²) in [6.45, 7) is 0.585. The van der Waals surface area contributed by atoms with E-state index in [0.29, 0.717) is 6.54 Å². The minimum atomic E-state index is -3.77. The summed E-state index contributed by atoms with van der Waals surface area (Å²) in [4.78, 5) is 1.03. The Kier molecular flexibility index (Phi) is 5.26. The molecule has 0 aliphatic rings. The molecule has 4 nitrogen and oxygen atoms in total. The molecule has 0 saturated carbocycles. The first kappa shape index (κ1) is 16.7. The van der Waals surface area contributed by atoms with Gasteiger partial charge < -0.3 is 5.32 Å². The molecule has 0 unspecified atom stereocenters. The van der Waals surface area contributed by atoms with Crippen LogP contribution < -0.4 is 10.0 Å². The Balaban J connectivity index is 2.33. The van der Waals surface area contributed by atoms with E-state index in [9.17, 15) is 12.8 Å². The van der Waals surface area contributed by atoms with Crippen LogP contribution in [0.1, 0.15) is 4.88 Å². The summed E-state index contributed by atoms with van der Waals surface area (Å²) in [5.74, 6) is -0.554. The van der Waals surface area contributed by atoms with Crippen molar-refractivity contribution < 1.29 is 12.8 Å². The molecular formula is C12H11BrClFN2O2S2. The van der Waals surface area contributed by atoms with Crippen LogP contribution in [0.2, 0.25) is 5.02 Å². The van der Waals surface area contributed by atoms with Gasteiger partial charge in [-0.15, -0.1) is 11.3 Å². The molecule has 0 spiro atoms. The number of halogens is 3. The van der Waals surface area contributed by atoms with Crippen LogP contribution in [-0.4, -0.2) is 15.5 Å². The van der Waals surface area contributed by atoms with Crippen LogP contribution in [0.25, 0.3) is 0 Å². The predicted molar refractivity (Wildman–Crippen MR) is 87.0 cm³/mol. The fraction of sp³-hybridized carbons (Fsp3) is 0.167. The summed E-state index contributed by atoms with van der Waals surface area (Å²) in [5.41, 5.74) is 0.111. The molecule has 1 aromatic carbocycles. The maximum Gasteiger partial charge on any atom is 0.262 e. The molecule has 2 rings (SSSR count). The molecule has 0 saturated heterocycles. The summed E-state index contributed by atoms with van der Waals surface area (Å²) < 4.78 is 40.4. The van der Waals surface area contributed by atoms with Crippen LogP contribution in [0.3, 0.4) is 0 Å². The Bertz CT molecular complexity index is 741. The highest BCUT2D eigenvalue weighted by molar-refractivity contribution is 9.10. The standard InChI is InChI=1S/C12H11BrClFN2O2S2/c1-16-5-8-4-9(6-20-8)21(18,19)17-12-10(13)2-7(15)3-11(12)14/h2-4,6,16-17H,5H2,1H3. The number of hydrogen-bond donors (Lipinski definition) is 2. The minimum Gasteiger partial charge on any atom is -0.315 e. The molecule has 114 valence electrons. The molecule has 0 aliphatic carbocycles. The Morgan fingerprint density at radius 3 is 2.71 bits per heavy atom. The van der Waals surface area contributed by atoms with E-state index >= 15 is 0 Å². The van der Waals surface area contributed by atoms with Gasteiger partial charge in [0.05, 0.1) is 15.6 Å². The number of sulfonamides is 1. The molecule has 9 heteroatoms. The fourth-order valence-electron chi connectivity index (χ4n) is 1.60.